The number of halogens is 2. The van der Waals surface area contributed by atoms with Gasteiger partial charge in [0.1, 0.15) is 0 Å². The van der Waals surface area contributed by atoms with Crippen LogP contribution < -0.4 is 10.2 Å². The van der Waals surface area contributed by atoms with Gasteiger partial charge in [-0.25, -0.2) is 13.8 Å². The van der Waals surface area contributed by atoms with Gasteiger partial charge in [-0.2, -0.15) is 0 Å². The quantitative estimate of drug-likeness (QED) is 0.853. The number of hydrogen-bond acceptors (Lipinski definition) is 3. The van der Waals surface area contributed by atoms with Gasteiger partial charge in [-0.15, -0.1) is 0 Å². The highest BCUT2D eigenvalue weighted by atomic mass is 19.1. The van der Waals surface area contributed by atoms with E-state index in [4.69, 9.17) is 0 Å². The summed E-state index contributed by atoms with van der Waals surface area (Å²) in [4.78, 5) is 5.84. The van der Waals surface area contributed by atoms with Crippen molar-refractivity contribution in [1.82, 2.24) is 4.98 Å². The largest absolute Gasteiger partial charge is 0.368 e. The normalized spacial score (nSPS) is 11.5. The summed E-state index contributed by atoms with van der Waals surface area (Å²) in [5, 5.41) is 2.88. The lowest BCUT2D eigenvalue weighted by Crippen LogP contribution is -2.41. The second-order valence-electron chi connectivity index (χ2n) is 5.28. The number of rotatable bonds is 6. The zero-order valence-electron chi connectivity index (χ0n) is 12.3. The Morgan fingerprint density at radius 3 is 2.42 bits per heavy atom. The fourth-order valence-electron chi connectivity index (χ4n) is 1.58. The van der Waals surface area contributed by atoms with Crippen LogP contribution in [-0.4, -0.2) is 24.1 Å². The summed E-state index contributed by atoms with van der Waals surface area (Å²) in [6.45, 7) is 8.60. The second-order valence-corrected chi connectivity index (χ2v) is 5.28. The summed E-state index contributed by atoms with van der Waals surface area (Å²) < 4.78 is 27.5. The maximum Gasteiger partial charge on any atom is 0.168 e. The van der Waals surface area contributed by atoms with Crippen molar-refractivity contribution in [2.45, 2.75) is 46.1 Å². The molecule has 0 amide bonds. The Kier molecular flexibility index (Phi) is 5.09. The molecule has 0 radical (unpaired) electrons. The molecule has 0 aromatic carbocycles. The monoisotopic (exact) mass is 271 g/mol. The molecule has 0 aliphatic heterocycles. The molecule has 19 heavy (non-hydrogen) atoms. The zero-order valence-corrected chi connectivity index (χ0v) is 12.3. The van der Waals surface area contributed by atoms with Crippen LogP contribution in [0.5, 0.6) is 0 Å². The van der Waals surface area contributed by atoms with Crippen LogP contribution in [0.1, 0.15) is 40.5 Å². The van der Waals surface area contributed by atoms with Gasteiger partial charge in [-0.05, 0) is 26.7 Å². The SMILES string of the molecule is CCCNc1nc(N(C)C(C)(C)CC)c(F)cc1F. The summed E-state index contributed by atoms with van der Waals surface area (Å²) >= 11 is 0. The minimum atomic E-state index is -0.655. The van der Waals surface area contributed by atoms with Crippen LogP contribution >= 0.6 is 0 Å². The van der Waals surface area contributed by atoms with E-state index < -0.39 is 11.6 Å². The average molecular weight is 271 g/mol. The molecule has 1 N–H and O–H groups in total. The highest BCUT2D eigenvalue weighted by Crippen LogP contribution is 2.28. The Balaban J connectivity index is 3.13. The average Bonchev–Trinajstić information content (AvgIpc) is 2.37. The lowest BCUT2D eigenvalue weighted by Gasteiger charge is -2.36. The number of pyridine rings is 1. The number of aromatic nitrogens is 1. The lowest BCUT2D eigenvalue weighted by molar-refractivity contribution is 0.456. The first-order valence-electron chi connectivity index (χ1n) is 6.67. The highest BCUT2D eigenvalue weighted by molar-refractivity contribution is 5.50. The van der Waals surface area contributed by atoms with Gasteiger partial charge in [0.15, 0.2) is 23.3 Å². The van der Waals surface area contributed by atoms with Crippen molar-refractivity contribution in [2.24, 2.45) is 0 Å². The van der Waals surface area contributed by atoms with Crippen molar-refractivity contribution >= 4 is 11.6 Å². The zero-order chi connectivity index (χ0) is 14.6. The van der Waals surface area contributed by atoms with Crippen molar-refractivity contribution in [3.63, 3.8) is 0 Å². The highest BCUT2D eigenvalue weighted by Gasteiger charge is 2.26. The summed E-state index contributed by atoms with van der Waals surface area (Å²) in [7, 11) is 1.77. The van der Waals surface area contributed by atoms with Crippen LogP contribution in [0.4, 0.5) is 20.4 Å². The van der Waals surface area contributed by atoms with E-state index in [9.17, 15) is 8.78 Å². The fraction of sp³-hybridized carbons (Fsp3) is 0.643. The maximum absolute atomic E-state index is 13.9. The van der Waals surface area contributed by atoms with E-state index in [-0.39, 0.29) is 17.2 Å². The molecule has 108 valence electrons. The van der Waals surface area contributed by atoms with Crippen molar-refractivity contribution in [2.75, 3.05) is 23.8 Å². The third-order valence-electron chi connectivity index (χ3n) is 3.54. The first-order valence-corrected chi connectivity index (χ1v) is 6.67. The molecule has 0 fully saturated rings. The Bertz CT molecular complexity index is 433. The third-order valence-corrected chi connectivity index (χ3v) is 3.54. The van der Waals surface area contributed by atoms with E-state index in [0.29, 0.717) is 6.54 Å². The predicted molar refractivity (Wildman–Crippen MR) is 75.7 cm³/mol. The molecular weight excluding hydrogens is 248 g/mol. The molecular formula is C14H23F2N3. The van der Waals surface area contributed by atoms with Gasteiger partial charge in [0.25, 0.3) is 0 Å². The summed E-state index contributed by atoms with van der Waals surface area (Å²) in [5.74, 6) is -1.01. The molecule has 0 atom stereocenters. The minimum absolute atomic E-state index is 0.108. The Morgan fingerprint density at radius 2 is 1.89 bits per heavy atom. The molecule has 0 bridgehead atoms. The first kappa shape index (κ1) is 15.7. The van der Waals surface area contributed by atoms with E-state index in [1.807, 2.05) is 27.7 Å². The number of hydrogen-bond donors (Lipinski definition) is 1. The minimum Gasteiger partial charge on any atom is -0.368 e. The van der Waals surface area contributed by atoms with Gasteiger partial charge in [0, 0.05) is 25.2 Å². The Labute approximate surface area is 114 Å². The van der Waals surface area contributed by atoms with Gasteiger partial charge >= 0.3 is 0 Å². The standard InChI is InChI=1S/C14H23F2N3/c1-6-8-17-12-10(15)9-11(16)13(18-12)19(5)14(3,4)7-2/h9H,6-8H2,1-5H3,(H,17,18). The molecule has 0 saturated carbocycles. The van der Waals surface area contributed by atoms with Gasteiger partial charge in [-0.3, -0.25) is 0 Å². The molecule has 0 spiro atoms. The van der Waals surface area contributed by atoms with Crippen molar-refractivity contribution in [3.05, 3.63) is 17.7 Å². The van der Waals surface area contributed by atoms with Gasteiger partial charge < -0.3 is 10.2 Å². The number of anilines is 2. The molecule has 1 aromatic heterocycles. The summed E-state index contributed by atoms with van der Waals surface area (Å²) in [6, 6.07) is 0.891. The molecule has 0 aliphatic rings. The van der Waals surface area contributed by atoms with E-state index >= 15 is 0 Å². The van der Waals surface area contributed by atoms with Crippen LogP contribution in [0.25, 0.3) is 0 Å². The third kappa shape index (κ3) is 3.55. The molecule has 1 aromatic rings. The fourth-order valence-corrected chi connectivity index (χ4v) is 1.58. The van der Waals surface area contributed by atoms with Crippen molar-refractivity contribution in [1.29, 1.82) is 0 Å². The van der Waals surface area contributed by atoms with Crippen LogP contribution in [0.2, 0.25) is 0 Å². The van der Waals surface area contributed by atoms with Crippen molar-refractivity contribution in [3.8, 4) is 0 Å². The number of nitrogens with zero attached hydrogens (tertiary/aromatic N) is 2. The molecule has 3 nitrogen and oxygen atoms in total. The molecule has 0 unspecified atom stereocenters. The lowest BCUT2D eigenvalue weighted by atomic mass is 10.00. The smallest absolute Gasteiger partial charge is 0.168 e. The Hall–Kier alpha value is -1.39. The van der Waals surface area contributed by atoms with E-state index in [2.05, 4.69) is 10.3 Å². The molecule has 5 heteroatoms. The second kappa shape index (κ2) is 6.17. The molecule has 1 rings (SSSR count). The van der Waals surface area contributed by atoms with Crippen LogP contribution in [-0.2, 0) is 0 Å². The summed E-state index contributed by atoms with van der Waals surface area (Å²) in [6.07, 6.45) is 1.68. The van der Waals surface area contributed by atoms with Crippen LogP contribution in [0.3, 0.4) is 0 Å². The topological polar surface area (TPSA) is 28.2 Å². The summed E-state index contributed by atoms with van der Waals surface area (Å²) in [5.41, 5.74) is -0.242. The van der Waals surface area contributed by atoms with Gasteiger partial charge in [0.05, 0.1) is 0 Å². The van der Waals surface area contributed by atoms with Gasteiger partial charge in [0.2, 0.25) is 0 Å². The predicted octanol–water partition coefficient (Wildman–Crippen LogP) is 3.81. The van der Waals surface area contributed by atoms with Crippen LogP contribution in [0.15, 0.2) is 6.07 Å². The number of nitrogens with one attached hydrogen (secondary N) is 1. The van der Waals surface area contributed by atoms with E-state index in [0.717, 1.165) is 18.9 Å². The van der Waals surface area contributed by atoms with E-state index in [1.165, 1.54) is 0 Å². The first-order chi connectivity index (χ1) is 8.83. The maximum atomic E-state index is 13.9. The van der Waals surface area contributed by atoms with Crippen molar-refractivity contribution < 1.29 is 8.78 Å². The molecule has 1 heterocycles. The Morgan fingerprint density at radius 1 is 1.26 bits per heavy atom. The molecule has 0 aliphatic carbocycles. The van der Waals surface area contributed by atoms with E-state index in [1.54, 1.807) is 11.9 Å². The van der Waals surface area contributed by atoms with Crippen LogP contribution in [0, 0.1) is 11.6 Å². The molecule has 0 saturated heterocycles. The van der Waals surface area contributed by atoms with Gasteiger partial charge in [-0.1, -0.05) is 13.8 Å².